The van der Waals surface area contributed by atoms with Gasteiger partial charge in [0.25, 0.3) is 0 Å². The predicted octanol–water partition coefficient (Wildman–Crippen LogP) is 1.73. The Morgan fingerprint density at radius 3 is 2.77 bits per heavy atom. The van der Waals surface area contributed by atoms with Gasteiger partial charge in [-0.05, 0) is 18.4 Å². The smallest absolute Gasteiger partial charge is 0.342 e. The van der Waals surface area contributed by atoms with Crippen LogP contribution in [0.1, 0.15) is 10.4 Å². The largest absolute Gasteiger partial charge is 0.465 e. The van der Waals surface area contributed by atoms with E-state index in [1.807, 2.05) is 0 Å². The highest BCUT2D eigenvalue weighted by Crippen LogP contribution is 2.14. The molecule has 0 saturated carbocycles. The molecule has 1 aromatic heterocycles. The lowest BCUT2D eigenvalue weighted by Crippen LogP contribution is -2.06. The number of carbonyl (C=O) groups excluding carboxylic acids is 1. The highest BCUT2D eigenvalue weighted by Gasteiger charge is 2.13. The number of methoxy groups -OCH3 is 1. The first-order valence-corrected chi connectivity index (χ1v) is 4.70. The van der Waals surface area contributed by atoms with E-state index in [9.17, 15) is 9.18 Å². The first-order valence-electron chi connectivity index (χ1n) is 3.48. The molecule has 13 heavy (non-hydrogen) atoms. The third-order valence-electron chi connectivity index (χ3n) is 1.44. The SMILES string of the molecule is COC(=O)c1ccc(SC)nc1F. The molecule has 0 spiro atoms. The maximum atomic E-state index is 13.0. The van der Waals surface area contributed by atoms with Crippen molar-refractivity contribution in [3.05, 3.63) is 23.6 Å². The lowest BCUT2D eigenvalue weighted by Gasteiger charge is -2.01. The Morgan fingerprint density at radius 2 is 2.31 bits per heavy atom. The van der Waals surface area contributed by atoms with E-state index in [1.165, 1.54) is 24.9 Å². The second-order valence-electron chi connectivity index (χ2n) is 2.18. The summed E-state index contributed by atoms with van der Waals surface area (Å²) in [5.74, 6) is -1.50. The number of nitrogens with zero attached hydrogens (tertiary/aromatic N) is 1. The maximum Gasteiger partial charge on any atom is 0.342 e. The molecule has 70 valence electrons. The molecule has 1 rings (SSSR count). The zero-order valence-corrected chi connectivity index (χ0v) is 8.02. The van der Waals surface area contributed by atoms with Gasteiger partial charge in [0.05, 0.1) is 12.1 Å². The molecule has 0 atom stereocenters. The predicted molar refractivity (Wildman–Crippen MR) is 47.3 cm³/mol. The van der Waals surface area contributed by atoms with Crippen molar-refractivity contribution < 1.29 is 13.9 Å². The molecule has 0 unspecified atom stereocenters. The molecule has 1 aromatic rings. The monoisotopic (exact) mass is 201 g/mol. The molecule has 0 bridgehead atoms. The summed E-state index contributed by atoms with van der Waals surface area (Å²) in [7, 11) is 1.20. The summed E-state index contributed by atoms with van der Waals surface area (Å²) >= 11 is 1.31. The van der Waals surface area contributed by atoms with Gasteiger partial charge in [-0.1, -0.05) is 0 Å². The van der Waals surface area contributed by atoms with Crippen LogP contribution in [0.5, 0.6) is 0 Å². The first-order chi connectivity index (χ1) is 6.19. The second-order valence-corrected chi connectivity index (χ2v) is 3.01. The molecule has 0 N–H and O–H groups in total. The standard InChI is InChI=1S/C8H8FNO2S/c1-12-8(11)5-3-4-6(13-2)10-7(5)9/h3-4H,1-2H3. The van der Waals surface area contributed by atoms with Crippen LogP contribution in [-0.2, 0) is 4.74 Å². The number of ether oxygens (including phenoxy) is 1. The molecule has 1 heterocycles. The van der Waals surface area contributed by atoms with Crippen LogP contribution in [0.4, 0.5) is 4.39 Å². The fraction of sp³-hybridized carbons (Fsp3) is 0.250. The van der Waals surface area contributed by atoms with Crippen LogP contribution in [-0.4, -0.2) is 24.3 Å². The minimum absolute atomic E-state index is 0.139. The molecule has 3 nitrogen and oxygen atoms in total. The summed E-state index contributed by atoms with van der Waals surface area (Å²) in [4.78, 5) is 14.5. The lowest BCUT2D eigenvalue weighted by atomic mass is 10.3. The summed E-state index contributed by atoms with van der Waals surface area (Å²) in [5.41, 5.74) is -0.139. The van der Waals surface area contributed by atoms with Gasteiger partial charge in [-0.2, -0.15) is 4.39 Å². The van der Waals surface area contributed by atoms with Gasteiger partial charge in [-0.3, -0.25) is 0 Å². The average molecular weight is 201 g/mol. The Balaban J connectivity index is 3.05. The Bertz CT molecular complexity index is 330. The second kappa shape index (κ2) is 4.23. The number of carbonyl (C=O) groups is 1. The Kier molecular flexibility index (Phi) is 3.25. The van der Waals surface area contributed by atoms with Gasteiger partial charge in [-0.25, -0.2) is 9.78 Å². The summed E-state index contributed by atoms with van der Waals surface area (Å²) in [5, 5.41) is 0.533. The van der Waals surface area contributed by atoms with E-state index in [4.69, 9.17) is 0 Å². The summed E-state index contributed by atoms with van der Waals surface area (Å²) in [6.45, 7) is 0. The van der Waals surface area contributed by atoms with Gasteiger partial charge in [0.15, 0.2) is 0 Å². The van der Waals surface area contributed by atoms with Crippen molar-refractivity contribution in [1.29, 1.82) is 0 Å². The van der Waals surface area contributed by atoms with Crippen LogP contribution in [0.2, 0.25) is 0 Å². The molecular weight excluding hydrogens is 193 g/mol. The van der Waals surface area contributed by atoms with Crippen LogP contribution >= 0.6 is 11.8 Å². The zero-order valence-electron chi connectivity index (χ0n) is 7.20. The minimum atomic E-state index is -0.793. The highest BCUT2D eigenvalue weighted by molar-refractivity contribution is 7.98. The molecular formula is C8H8FNO2S. The molecule has 0 radical (unpaired) electrons. The Labute approximate surface area is 79.3 Å². The van der Waals surface area contributed by atoms with Gasteiger partial charge >= 0.3 is 5.97 Å². The highest BCUT2D eigenvalue weighted by atomic mass is 32.2. The van der Waals surface area contributed by atoms with E-state index >= 15 is 0 Å². The van der Waals surface area contributed by atoms with Crippen LogP contribution in [0.25, 0.3) is 0 Å². The van der Waals surface area contributed by atoms with Crippen LogP contribution < -0.4 is 0 Å². The number of pyridine rings is 1. The topological polar surface area (TPSA) is 39.2 Å². The number of halogens is 1. The van der Waals surface area contributed by atoms with Gasteiger partial charge < -0.3 is 4.74 Å². The Morgan fingerprint density at radius 1 is 1.62 bits per heavy atom. The van der Waals surface area contributed by atoms with Crippen molar-refractivity contribution in [3.8, 4) is 0 Å². The third-order valence-corrected chi connectivity index (χ3v) is 2.08. The van der Waals surface area contributed by atoms with Crippen LogP contribution in [0.3, 0.4) is 0 Å². The molecule has 0 aromatic carbocycles. The molecule has 0 fully saturated rings. The van der Waals surface area contributed by atoms with E-state index in [0.29, 0.717) is 5.03 Å². The molecule has 0 aliphatic carbocycles. The van der Waals surface area contributed by atoms with E-state index in [0.717, 1.165) is 0 Å². The molecule has 5 heteroatoms. The van der Waals surface area contributed by atoms with Gasteiger partial charge in [0, 0.05) is 0 Å². The van der Waals surface area contributed by atoms with Gasteiger partial charge in [0.1, 0.15) is 5.56 Å². The number of hydrogen-bond donors (Lipinski definition) is 0. The fourth-order valence-electron chi connectivity index (χ4n) is 0.794. The summed E-state index contributed by atoms with van der Waals surface area (Å²) < 4.78 is 17.4. The van der Waals surface area contributed by atoms with E-state index in [1.54, 1.807) is 12.3 Å². The zero-order chi connectivity index (χ0) is 9.84. The lowest BCUT2D eigenvalue weighted by molar-refractivity contribution is 0.0594. The number of hydrogen-bond acceptors (Lipinski definition) is 4. The van der Waals surface area contributed by atoms with Crippen molar-refractivity contribution in [1.82, 2.24) is 4.98 Å². The van der Waals surface area contributed by atoms with Crippen molar-refractivity contribution in [3.63, 3.8) is 0 Å². The minimum Gasteiger partial charge on any atom is -0.465 e. The van der Waals surface area contributed by atoms with Crippen molar-refractivity contribution in [2.75, 3.05) is 13.4 Å². The quantitative estimate of drug-likeness (QED) is 0.415. The number of rotatable bonds is 2. The van der Waals surface area contributed by atoms with Crippen molar-refractivity contribution >= 4 is 17.7 Å². The number of thioether (sulfide) groups is 1. The van der Waals surface area contributed by atoms with Crippen LogP contribution in [0.15, 0.2) is 17.2 Å². The normalized spacial score (nSPS) is 9.77. The maximum absolute atomic E-state index is 13.0. The molecule has 0 aliphatic rings. The molecule has 0 amide bonds. The number of aromatic nitrogens is 1. The average Bonchev–Trinajstić information content (AvgIpc) is 2.16. The summed E-state index contributed by atoms with van der Waals surface area (Å²) in [6.07, 6.45) is 1.78. The van der Waals surface area contributed by atoms with Gasteiger partial charge in [-0.15, -0.1) is 11.8 Å². The van der Waals surface area contributed by atoms with Gasteiger partial charge in [0.2, 0.25) is 5.95 Å². The molecule has 0 saturated heterocycles. The Hall–Kier alpha value is -1.10. The summed E-state index contributed by atoms with van der Waals surface area (Å²) in [6, 6.07) is 2.93. The van der Waals surface area contributed by atoms with Crippen molar-refractivity contribution in [2.24, 2.45) is 0 Å². The third kappa shape index (κ3) is 2.18. The molecule has 0 aliphatic heterocycles. The van der Waals surface area contributed by atoms with E-state index < -0.39 is 11.9 Å². The number of esters is 1. The van der Waals surface area contributed by atoms with E-state index in [-0.39, 0.29) is 5.56 Å². The van der Waals surface area contributed by atoms with Crippen molar-refractivity contribution in [2.45, 2.75) is 5.03 Å². The fourth-order valence-corrected chi connectivity index (χ4v) is 1.17. The first kappa shape index (κ1) is 9.98. The van der Waals surface area contributed by atoms with Crippen LogP contribution in [0, 0.1) is 5.95 Å². The van der Waals surface area contributed by atoms with E-state index in [2.05, 4.69) is 9.72 Å².